The molecule has 6 N–H and O–H groups in total. The van der Waals surface area contributed by atoms with E-state index < -0.39 is 27.5 Å². The lowest BCUT2D eigenvalue weighted by Gasteiger charge is -2.21. The van der Waals surface area contributed by atoms with E-state index in [-0.39, 0.29) is 23.9 Å². The summed E-state index contributed by atoms with van der Waals surface area (Å²) < 4.78 is 29.5. The quantitative estimate of drug-likeness (QED) is 0.159. The van der Waals surface area contributed by atoms with Crippen LogP contribution in [0.2, 0.25) is 0 Å². The normalized spacial score (nSPS) is 11.8. The number of carbonyl (C=O) groups excluding carboxylic acids is 1. The average molecular weight is 573 g/mol. The van der Waals surface area contributed by atoms with Crippen LogP contribution in [-0.4, -0.2) is 24.9 Å². The number of sulfonamides is 1. The number of anilines is 1. The Morgan fingerprint density at radius 2 is 1.46 bits per heavy atom. The smallest absolute Gasteiger partial charge is 0.275 e. The summed E-state index contributed by atoms with van der Waals surface area (Å²) >= 11 is 0. The summed E-state index contributed by atoms with van der Waals surface area (Å²) in [6, 6.07) is 27.4. The van der Waals surface area contributed by atoms with Crippen molar-refractivity contribution in [3.8, 4) is 0 Å². The molecule has 0 aliphatic heterocycles. The minimum absolute atomic E-state index is 0.0544. The molecule has 1 atom stereocenters. The number of carbonyl (C=O) groups is 1. The Hall–Kier alpha value is -4.90. The second kappa shape index (κ2) is 13.0. The van der Waals surface area contributed by atoms with Gasteiger partial charge in [-0.2, -0.15) is 0 Å². The largest absolute Gasteiger partial charge is 0.370 e. The van der Waals surface area contributed by atoms with Crippen molar-refractivity contribution in [3.63, 3.8) is 0 Å². The van der Waals surface area contributed by atoms with E-state index in [0.717, 1.165) is 11.1 Å². The summed E-state index contributed by atoms with van der Waals surface area (Å²) in [4.78, 5) is 30.9. The molecule has 0 aliphatic carbocycles. The van der Waals surface area contributed by atoms with Gasteiger partial charge in [0.15, 0.2) is 5.96 Å². The molecule has 0 bridgehead atoms. The van der Waals surface area contributed by atoms with Gasteiger partial charge in [0.05, 0.1) is 11.4 Å². The molecule has 212 valence electrons. The van der Waals surface area contributed by atoms with Crippen molar-refractivity contribution in [2.45, 2.75) is 31.7 Å². The lowest BCUT2D eigenvalue weighted by Crippen LogP contribution is -2.38. The van der Waals surface area contributed by atoms with E-state index in [9.17, 15) is 18.0 Å². The van der Waals surface area contributed by atoms with Gasteiger partial charge in [0, 0.05) is 18.7 Å². The van der Waals surface area contributed by atoms with Crippen LogP contribution in [0.25, 0.3) is 0 Å². The maximum atomic E-state index is 13.7. The zero-order valence-electron chi connectivity index (χ0n) is 22.5. The molecule has 11 heteroatoms. The fourth-order valence-electron chi connectivity index (χ4n) is 4.33. The molecule has 1 amide bonds. The number of nitrogens with one attached hydrogen (secondary N) is 2. The standard InChI is InChI=1S/C30H32N6O4S/c1-21(28(37)33-19-23-12-14-25(15-13-23)34-30(31)32)36-26(18-22-8-4-2-5-9-22)16-17-27(29(36)38)35-41(39,40)20-24-10-6-3-7-11-24/h2-17,21,35H,18-20H2,1H3,(H,33,37)(H4,31,32,34). The Morgan fingerprint density at radius 1 is 0.854 bits per heavy atom. The maximum absolute atomic E-state index is 13.7. The monoisotopic (exact) mass is 572 g/mol. The highest BCUT2D eigenvalue weighted by Crippen LogP contribution is 2.18. The number of guanidine groups is 1. The number of rotatable bonds is 11. The van der Waals surface area contributed by atoms with Crippen molar-refractivity contribution in [2.75, 3.05) is 4.72 Å². The molecule has 41 heavy (non-hydrogen) atoms. The highest BCUT2D eigenvalue weighted by Gasteiger charge is 2.23. The average Bonchev–Trinajstić information content (AvgIpc) is 2.94. The van der Waals surface area contributed by atoms with Crippen molar-refractivity contribution in [1.82, 2.24) is 9.88 Å². The first kappa shape index (κ1) is 29.1. The number of aliphatic imine (C=N–C) groups is 1. The molecule has 0 radical (unpaired) electrons. The summed E-state index contributed by atoms with van der Waals surface area (Å²) in [6.45, 7) is 1.81. The number of hydrogen-bond donors (Lipinski definition) is 4. The van der Waals surface area contributed by atoms with Crippen LogP contribution in [0.1, 0.15) is 35.3 Å². The number of nitrogens with two attached hydrogens (primary N) is 2. The van der Waals surface area contributed by atoms with Gasteiger partial charge in [-0.25, -0.2) is 13.4 Å². The third-order valence-corrected chi connectivity index (χ3v) is 7.57. The fraction of sp³-hybridized carbons (Fsp3) is 0.167. The second-order valence-corrected chi connectivity index (χ2v) is 11.2. The number of amides is 1. The van der Waals surface area contributed by atoms with Crippen LogP contribution < -0.4 is 27.1 Å². The van der Waals surface area contributed by atoms with Crippen molar-refractivity contribution in [2.24, 2.45) is 16.5 Å². The number of hydrogen-bond acceptors (Lipinski definition) is 5. The van der Waals surface area contributed by atoms with Crippen LogP contribution in [0, 0.1) is 0 Å². The minimum atomic E-state index is -3.89. The number of pyridine rings is 1. The predicted molar refractivity (Wildman–Crippen MR) is 161 cm³/mol. The second-order valence-electron chi connectivity index (χ2n) is 9.52. The maximum Gasteiger partial charge on any atom is 0.275 e. The molecule has 4 aromatic rings. The van der Waals surface area contributed by atoms with E-state index in [1.807, 2.05) is 30.3 Å². The van der Waals surface area contributed by atoms with E-state index in [0.29, 0.717) is 23.4 Å². The van der Waals surface area contributed by atoms with Crippen LogP contribution in [-0.2, 0) is 33.5 Å². The van der Waals surface area contributed by atoms with Gasteiger partial charge in [0.2, 0.25) is 15.9 Å². The molecule has 1 unspecified atom stereocenters. The third-order valence-electron chi connectivity index (χ3n) is 6.32. The molecule has 1 aromatic heterocycles. The van der Waals surface area contributed by atoms with Gasteiger partial charge in [-0.1, -0.05) is 72.8 Å². The zero-order chi connectivity index (χ0) is 29.4. The van der Waals surface area contributed by atoms with Crippen LogP contribution in [0.4, 0.5) is 11.4 Å². The van der Waals surface area contributed by atoms with Gasteiger partial charge in [-0.3, -0.25) is 18.9 Å². The first-order valence-electron chi connectivity index (χ1n) is 12.9. The predicted octanol–water partition coefficient (Wildman–Crippen LogP) is 3.16. The van der Waals surface area contributed by atoms with Crippen molar-refractivity contribution < 1.29 is 13.2 Å². The zero-order valence-corrected chi connectivity index (χ0v) is 23.3. The SMILES string of the molecule is CC(C(=O)NCc1ccc(N=C(N)N)cc1)n1c(Cc2ccccc2)ccc(NS(=O)(=O)Cc2ccccc2)c1=O. The van der Waals surface area contributed by atoms with Crippen LogP contribution in [0.5, 0.6) is 0 Å². The first-order chi connectivity index (χ1) is 19.6. The molecule has 0 saturated heterocycles. The van der Waals surface area contributed by atoms with Crippen molar-refractivity contribution in [1.29, 1.82) is 0 Å². The van der Waals surface area contributed by atoms with Crippen molar-refractivity contribution in [3.05, 3.63) is 130 Å². The molecular formula is C30H32N6O4S. The first-order valence-corrected chi connectivity index (χ1v) is 14.6. The summed E-state index contributed by atoms with van der Waals surface area (Å²) in [5.41, 5.74) is 13.5. The lowest BCUT2D eigenvalue weighted by molar-refractivity contribution is -0.124. The Morgan fingerprint density at radius 3 is 2.07 bits per heavy atom. The number of nitrogens with zero attached hydrogens (tertiary/aromatic N) is 2. The molecule has 10 nitrogen and oxygen atoms in total. The highest BCUT2D eigenvalue weighted by molar-refractivity contribution is 7.91. The highest BCUT2D eigenvalue weighted by atomic mass is 32.2. The molecule has 4 rings (SSSR count). The van der Waals surface area contributed by atoms with Gasteiger partial charge in [0.1, 0.15) is 11.7 Å². The molecule has 0 fully saturated rings. The van der Waals surface area contributed by atoms with E-state index in [2.05, 4.69) is 15.0 Å². The fourth-order valence-corrected chi connectivity index (χ4v) is 5.53. The van der Waals surface area contributed by atoms with E-state index in [4.69, 9.17) is 11.5 Å². The summed E-state index contributed by atoms with van der Waals surface area (Å²) in [5.74, 6) is -0.753. The minimum Gasteiger partial charge on any atom is -0.370 e. The molecule has 0 saturated carbocycles. The van der Waals surface area contributed by atoms with Crippen molar-refractivity contribution >= 4 is 33.3 Å². The van der Waals surface area contributed by atoms with Gasteiger partial charge >= 0.3 is 0 Å². The molecule has 1 heterocycles. The Labute approximate surface area is 238 Å². The van der Waals surface area contributed by atoms with E-state index >= 15 is 0 Å². The van der Waals surface area contributed by atoms with Gasteiger partial charge in [0.25, 0.3) is 5.56 Å². The van der Waals surface area contributed by atoms with Crippen LogP contribution in [0.15, 0.2) is 107 Å². The van der Waals surface area contributed by atoms with Gasteiger partial charge in [-0.05, 0) is 47.9 Å². The molecule has 0 aliphatic rings. The Kier molecular flexibility index (Phi) is 9.20. The van der Waals surface area contributed by atoms with Gasteiger partial charge < -0.3 is 16.8 Å². The third kappa shape index (κ3) is 8.05. The molecular weight excluding hydrogens is 540 g/mol. The van der Waals surface area contributed by atoms with Gasteiger partial charge in [-0.15, -0.1) is 0 Å². The summed E-state index contributed by atoms with van der Waals surface area (Å²) in [5, 5.41) is 2.85. The number of aromatic nitrogens is 1. The Bertz CT molecular complexity index is 1680. The Balaban J connectivity index is 1.59. The molecule has 3 aromatic carbocycles. The van der Waals surface area contributed by atoms with Crippen LogP contribution >= 0.6 is 0 Å². The number of benzene rings is 3. The summed E-state index contributed by atoms with van der Waals surface area (Å²) in [6.07, 6.45) is 0.372. The van der Waals surface area contributed by atoms with E-state index in [1.54, 1.807) is 67.6 Å². The lowest BCUT2D eigenvalue weighted by atomic mass is 10.1. The molecule has 0 spiro atoms. The summed E-state index contributed by atoms with van der Waals surface area (Å²) in [7, 11) is -3.89. The van der Waals surface area contributed by atoms with E-state index in [1.165, 1.54) is 10.6 Å². The van der Waals surface area contributed by atoms with Crippen LogP contribution in [0.3, 0.4) is 0 Å². The topological polar surface area (TPSA) is 162 Å².